The van der Waals surface area contributed by atoms with Gasteiger partial charge in [-0.1, -0.05) is 22.0 Å². The number of carbonyl (C=O) groups is 1. The number of carbonyl (C=O) groups excluding carboxylic acids is 1. The van der Waals surface area contributed by atoms with Gasteiger partial charge in [-0.15, -0.1) is 23.1 Å². The highest BCUT2D eigenvalue weighted by molar-refractivity contribution is 9.10. The fourth-order valence-corrected chi connectivity index (χ4v) is 3.11. The topological polar surface area (TPSA) is 38.3 Å². The fraction of sp³-hybridized carbons (Fsp3) is 0.267. The van der Waals surface area contributed by atoms with Crippen LogP contribution in [0.1, 0.15) is 4.88 Å². The van der Waals surface area contributed by atoms with Crippen molar-refractivity contribution in [3.05, 3.63) is 51.1 Å². The molecule has 1 N–H and O–H groups in total. The average Bonchev–Trinajstić information content (AvgIpc) is 3.00. The Labute approximate surface area is 141 Å². The molecule has 0 saturated heterocycles. The number of hydrogen-bond acceptors (Lipinski definition) is 4. The number of rotatable bonds is 8. The van der Waals surface area contributed by atoms with Gasteiger partial charge in [-0.05, 0) is 35.7 Å². The molecule has 112 valence electrons. The number of hydrogen-bond donors (Lipinski definition) is 1. The van der Waals surface area contributed by atoms with Crippen molar-refractivity contribution in [3.63, 3.8) is 0 Å². The van der Waals surface area contributed by atoms with Crippen LogP contribution in [0.3, 0.4) is 0 Å². The van der Waals surface area contributed by atoms with Crippen molar-refractivity contribution in [2.24, 2.45) is 0 Å². The van der Waals surface area contributed by atoms with Crippen LogP contribution in [0.2, 0.25) is 0 Å². The van der Waals surface area contributed by atoms with Crippen molar-refractivity contribution < 1.29 is 9.53 Å². The van der Waals surface area contributed by atoms with Gasteiger partial charge in [0, 0.05) is 15.1 Å². The molecule has 0 spiro atoms. The predicted molar refractivity (Wildman–Crippen MR) is 93.1 cm³/mol. The van der Waals surface area contributed by atoms with Crippen LogP contribution < -0.4 is 10.1 Å². The van der Waals surface area contributed by atoms with Crippen molar-refractivity contribution in [3.8, 4) is 5.75 Å². The van der Waals surface area contributed by atoms with Crippen LogP contribution in [-0.4, -0.2) is 24.0 Å². The molecule has 0 radical (unpaired) electrons. The second-order valence-electron chi connectivity index (χ2n) is 4.21. The highest BCUT2D eigenvalue weighted by Crippen LogP contribution is 2.16. The molecule has 0 atom stereocenters. The Kier molecular flexibility index (Phi) is 7.12. The molecule has 0 aliphatic carbocycles. The molecule has 0 aliphatic heterocycles. The summed E-state index contributed by atoms with van der Waals surface area (Å²) in [7, 11) is 0. The maximum atomic E-state index is 11.6. The van der Waals surface area contributed by atoms with Crippen molar-refractivity contribution in [1.29, 1.82) is 0 Å². The summed E-state index contributed by atoms with van der Waals surface area (Å²) < 4.78 is 6.62. The third kappa shape index (κ3) is 6.54. The van der Waals surface area contributed by atoms with E-state index in [1.165, 1.54) is 4.88 Å². The summed E-state index contributed by atoms with van der Waals surface area (Å²) in [5.41, 5.74) is 0. The molecule has 1 amide bonds. The predicted octanol–water partition coefficient (Wildman–Crippen LogP) is 3.94. The zero-order valence-corrected chi connectivity index (χ0v) is 14.6. The van der Waals surface area contributed by atoms with Gasteiger partial charge in [0.25, 0.3) is 0 Å². The van der Waals surface area contributed by atoms with Gasteiger partial charge >= 0.3 is 0 Å². The van der Waals surface area contributed by atoms with Crippen molar-refractivity contribution in [1.82, 2.24) is 5.32 Å². The lowest BCUT2D eigenvalue weighted by Gasteiger charge is -2.06. The highest BCUT2D eigenvalue weighted by Gasteiger charge is 2.02. The van der Waals surface area contributed by atoms with Gasteiger partial charge < -0.3 is 10.1 Å². The van der Waals surface area contributed by atoms with E-state index >= 15 is 0 Å². The first-order chi connectivity index (χ1) is 10.2. The van der Waals surface area contributed by atoms with Crippen LogP contribution >= 0.6 is 39.0 Å². The molecule has 0 fully saturated rings. The highest BCUT2D eigenvalue weighted by atomic mass is 79.9. The molecule has 1 aromatic carbocycles. The summed E-state index contributed by atoms with van der Waals surface area (Å²) in [5.74, 6) is 2.18. The SMILES string of the molecule is O=C(CSCCOc1ccc(Br)cc1)NCc1cccs1. The zero-order chi connectivity index (χ0) is 14.9. The lowest BCUT2D eigenvalue weighted by molar-refractivity contribution is -0.118. The Morgan fingerprint density at radius 3 is 2.81 bits per heavy atom. The number of halogens is 1. The molecule has 2 aromatic rings. The molecule has 1 heterocycles. The summed E-state index contributed by atoms with van der Waals surface area (Å²) in [6.07, 6.45) is 0. The minimum Gasteiger partial charge on any atom is -0.493 e. The van der Waals surface area contributed by atoms with Gasteiger partial charge in [0.15, 0.2) is 0 Å². The molecule has 0 bridgehead atoms. The number of thioether (sulfide) groups is 1. The van der Waals surface area contributed by atoms with E-state index in [1.54, 1.807) is 23.1 Å². The maximum absolute atomic E-state index is 11.6. The Bertz CT molecular complexity index is 543. The third-order valence-corrected chi connectivity index (χ3v) is 4.91. The number of thiophene rings is 1. The molecule has 1 aromatic heterocycles. The first kappa shape index (κ1) is 16.4. The Morgan fingerprint density at radius 1 is 1.29 bits per heavy atom. The summed E-state index contributed by atoms with van der Waals surface area (Å²) >= 11 is 6.61. The van der Waals surface area contributed by atoms with Crippen LogP contribution in [0.4, 0.5) is 0 Å². The van der Waals surface area contributed by atoms with Crippen molar-refractivity contribution >= 4 is 44.9 Å². The minimum absolute atomic E-state index is 0.0667. The Hall–Kier alpha value is -0.980. The zero-order valence-electron chi connectivity index (χ0n) is 11.4. The first-order valence-corrected chi connectivity index (χ1v) is 9.32. The lowest BCUT2D eigenvalue weighted by atomic mass is 10.3. The van der Waals surface area contributed by atoms with E-state index in [9.17, 15) is 4.79 Å². The van der Waals surface area contributed by atoms with E-state index in [0.29, 0.717) is 18.9 Å². The summed E-state index contributed by atoms with van der Waals surface area (Å²) in [6.45, 7) is 1.22. The van der Waals surface area contributed by atoms with Crippen molar-refractivity contribution in [2.45, 2.75) is 6.54 Å². The molecule has 21 heavy (non-hydrogen) atoms. The van der Waals surface area contributed by atoms with Crippen LogP contribution in [-0.2, 0) is 11.3 Å². The van der Waals surface area contributed by atoms with E-state index in [4.69, 9.17) is 4.74 Å². The number of ether oxygens (including phenoxy) is 1. The summed E-state index contributed by atoms with van der Waals surface area (Å²) in [4.78, 5) is 12.8. The van der Waals surface area contributed by atoms with Gasteiger partial charge in [-0.25, -0.2) is 0 Å². The molecule has 0 saturated carbocycles. The van der Waals surface area contributed by atoms with Crippen LogP contribution in [0.5, 0.6) is 5.75 Å². The normalized spacial score (nSPS) is 10.3. The summed E-state index contributed by atoms with van der Waals surface area (Å²) in [5, 5.41) is 4.91. The lowest BCUT2D eigenvalue weighted by Crippen LogP contribution is -2.24. The van der Waals surface area contributed by atoms with Gasteiger partial charge in [0.1, 0.15) is 5.75 Å². The fourth-order valence-electron chi connectivity index (χ4n) is 1.56. The van der Waals surface area contributed by atoms with Gasteiger partial charge in [0.2, 0.25) is 5.91 Å². The van der Waals surface area contributed by atoms with E-state index in [-0.39, 0.29) is 5.91 Å². The second-order valence-corrected chi connectivity index (χ2v) is 7.26. The smallest absolute Gasteiger partial charge is 0.230 e. The molecule has 0 unspecified atom stereocenters. The largest absolute Gasteiger partial charge is 0.493 e. The van der Waals surface area contributed by atoms with Crippen molar-refractivity contribution in [2.75, 3.05) is 18.1 Å². The van der Waals surface area contributed by atoms with Crippen LogP contribution in [0, 0.1) is 0 Å². The van der Waals surface area contributed by atoms with E-state index in [2.05, 4.69) is 21.2 Å². The quantitative estimate of drug-likeness (QED) is 0.699. The van der Waals surface area contributed by atoms with Crippen LogP contribution in [0.15, 0.2) is 46.3 Å². The van der Waals surface area contributed by atoms with E-state index in [0.717, 1.165) is 16.0 Å². The van der Waals surface area contributed by atoms with Gasteiger partial charge in [-0.2, -0.15) is 0 Å². The van der Waals surface area contributed by atoms with Gasteiger partial charge in [0.05, 0.1) is 18.9 Å². The maximum Gasteiger partial charge on any atom is 0.230 e. The standard InChI is InChI=1S/C15H16BrNO2S2/c16-12-3-5-13(6-4-12)19-7-9-20-11-15(18)17-10-14-2-1-8-21-14/h1-6,8H,7,9-11H2,(H,17,18). The first-order valence-electron chi connectivity index (χ1n) is 6.49. The monoisotopic (exact) mass is 385 g/mol. The number of amides is 1. The second kappa shape index (κ2) is 9.12. The molecule has 0 aliphatic rings. The number of nitrogens with one attached hydrogen (secondary N) is 1. The molecule has 6 heteroatoms. The van der Waals surface area contributed by atoms with E-state index in [1.807, 2.05) is 41.8 Å². The van der Waals surface area contributed by atoms with Crippen LogP contribution in [0.25, 0.3) is 0 Å². The molecular formula is C15H16BrNO2S2. The molecule has 2 rings (SSSR count). The van der Waals surface area contributed by atoms with E-state index < -0.39 is 0 Å². The Balaban J connectivity index is 1.53. The van der Waals surface area contributed by atoms with Gasteiger partial charge in [-0.3, -0.25) is 4.79 Å². The summed E-state index contributed by atoms with van der Waals surface area (Å²) in [6, 6.07) is 11.7. The molecular weight excluding hydrogens is 370 g/mol. The minimum atomic E-state index is 0.0667. The number of benzene rings is 1. The third-order valence-electron chi connectivity index (χ3n) is 2.58. The average molecular weight is 386 g/mol. The Morgan fingerprint density at radius 2 is 2.10 bits per heavy atom. The molecule has 3 nitrogen and oxygen atoms in total.